The number of H-pyrrole nitrogens is 1. The summed E-state index contributed by atoms with van der Waals surface area (Å²) in [5.41, 5.74) is 1.94. The van der Waals surface area contributed by atoms with Crippen molar-refractivity contribution < 1.29 is 9.18 Å². The summed E-state index contributed by atoms with van der Waals surface area (Å²) in [5.74, 6) is -0.376. The van der Waals surface area contributed by atoms with Crippen LogP contribution in [-0.4, -0.2) is 20.9 Å². The fourth-order valence-corrected chi connectivity index (χ4v) is 3.38. The zero-order valence-electron chi connectivity index (χ0n) is 16.3. The molecule has 3 aromatic rings. The number of aromatic amines is 1. The molecule has 0 fully saturated rings. The van der Waals surface area contributed by atoms with Crippen LogP contribution in [0.1, 0.15) is 48.0 Å². The molecule has 0 unspecified atom stereocenters. The van der Waals surface area contributed by atoms with E-state index in [0.717, 1.165) is 0 Å². The molecule has 0 bridgehead atoms. The van der Waals surface area contributed by atoms with E-state index in [1.807, 2.05) is 13.0 Å². The maximum Gasteiger partial charge on any atom is 0.252 e. The molecule has 2 heterocycles. The Hall–Kier alpha value is -3.60. The molecule has 0 aliphatic heterocycles. The first-order chi connectivity index (χ1) is 13.8. The molecular formula is C21H20FN5O2. The molecule has 0 radical (unpaired) electrons. The molecule has 8 heteroatoms. The summed E-state index contributed by atoms with van der Waals surface area (Å²) in [5, 5.41) is 12.2. The molecule has 0 aliphatic carbocycles. The summed E-state index contributed by atoms with van der Waals surface area (Å²) >= 11 is 0. The summed E-state index contributed by atoms with van der Waals surface area (Å²) in [6.45, 7) is 5.24. The van der Waals surface area contributed by atoms with E-state index in [9.17, 15) is 14.0 Å². The summed E-state index contributed by atoms with van der Waals surface area (Å²) in [6, 6.07) is 4.28. The Balaban J connectivity index is 1.89. The van der Waals surface area contributed by atoms with Gasteiger partial charge in [-0.25, -0.2) is 14.4 Å². The van der Waals surface area contributed by atoms with Gasteiger partial charge in [-0.15, -0.1) is 0 Å². The summed E-state index contributed by atoms with van der Waals surface area (Å²) < 4.78 is 14.1. The second-order valence-corrected chi connectivity index (χ2v) is 6.77. The van der Waals surface area contributed by atoms with E-state index < -0.39 is 6.04 Å². The number of carbonyl (C=O) groups excluding carboxylic acids is 1. The van der Waals surface area contributed by atoms with Crippen LogP contribution in [0.25, 0.3) is 10.9 Å². The Morgan fingerprint density at radius 1 is 1.31 bits per heavy atom. The van der Waals surface area contributed by atoms with E-state index in [1.54, 1.807) is 13.8 Å². The van der Waals surface area contributed by atoms with Crippen molar-refractivity contribution in [3.63, 3.8) is 0 Å². The largest absolute Gasteiger partial charge is 0.346 e. The molecule has 2 N–H and O–H groups in total. The molecule has 3 rings (SSSR count). The molecule has 148 valence electrons. The number of hydrogen-bond donors (Lipinski definition) is 2. The van der Waals surface area contributed by atoms with Crippen LogP contribution >= 0.6 is 0 Å². The van der Waals surface area contributed by atoms with Crippen LogP contribution in [0.2, 0.25) is 0 Å². The number of aryl methyl sites for hydroxylation is 2. The maximum atomic E-state index is 14.1. The van der Waals surface area contributed by atoms with E-state index in [-0.39, 0.29) is 23.7 Å². The minimum Gasteiger partial charge on any atom is -0.346 e. The molecule has 29 heavy (non-hydrogen) atoms. The van der Waals surface area contributed by atoms with Gasteiger partial charge in [0, 0.05) is 28.9 Å². The summed E-state index contributed by atoms with van der Waals surface area (Å²) in [4.78, 5) is 36.0. The molecule has 1 atom stereocenters. The van der Waals surface area contributed by atoms with Gasteiger partial charge in [-0.3, -0.25) is 9.59 Å². The number of nitrogens with one attached hydrogen (secondary N) is 2. The highest BCUT2D eigenvalue weighted by atomic mass is 19.1. The second-order valence-electron chi connectivity index (χ2n) is 6.77. The lowest BCUT2D eigenvalue weighted by molar-refractivity contribution is -0.121. The third-order valence-corrected chi connectivity index (χ3v) is 4.84. The zero-order chi connectivity index (χ0) is 21.1. The number of rotatable bonds is 5. The average molecular weight is 393 g/mol. The number of halogens is 1. The van der Waals surface area contributed by atoms with Crippen LogP contribution in [-0.2, 0) is 17.6 Å². The van der Waals surface area contributed by atoms with Gasteiger partial charge in [0.05, 0.1) is 18.0 Å². The van der Waals surface area contributed by atoms with Crippen LogP contribution in [0.5, 0.6) is 0 Å². The number of nitrogens with zero attached hydrogens (tertiary/aromatic N) is 3. The van der Waals surface area contributed by atoms with Crippen molar-refractivity contribution in [3.05, 3.63) is 68.8 Å². The van der Waals surface area contributed by atoms with Crippen LogP contribution in [0.15, 0.2) is 29.3 Å². The highest BCUT2D eigenvalue weighted by molar-refractivity contribution is 5.88. The van der Waals surface area contributed by atoms with E-state index in [1.165, 1.54) is 24.5 Å². The van der Waals surface area contributed by atoms with E-state index >= 15 is 0 Å². The predicted octanol–water partition coefficient (Wildman–Crippen LogP) is 2.62. The van der Waals surface area contributed by atoms with Crippen LogP contribution in [0.3, 0.4) is 0 Å². The predicted molar refractivity (Wildman–Crippen MR) is 106 cm³/mol. The van der Waals surface area contributed by atoms with E-state index in [4.69, 9.17) is 5.26 Å². The van der Waals surface area contributed by atoms with E-state index in [0.29, 0.717) is 45.4 Å². The number of pyridine rings is 1. The Morgan fingerprint density at radius 2 is 2.00 bits per heavy atom. The molecule has 0 saturated carbocycles. The maximum absolute atomic E-state index is 14.1. The van der Waals surface area contributed by atoms with Gasteiger partial charge in [0.25, 0.3) is 5.56 Å². The standard InChI is InChI=1S/C21H20FN5O2/c1-4-14-15(21(29)27-17-6-5-16(22)11(2)19(14)17)7-18(28)26-12(3)20-24-9-13(8-23)10-25-20/h5-6,9-10,12H,4,7H2,1-3H3,(H,26,28)(H,27,29)/t12-/m1/s1. The highest BCUT2D eigenvalue weighted by Crippen LogP contribution is 2.25. The molecule has 0 saturated heterocycles. The van der Waals surface area contributed by atoms with Crippen LogP contribution in [0, 0.1) is 24.1 Å². The van der Waals surface area contributed by atoms with Gasteiger partial charge in [-0.05, 0) is 43.5 Å². The molecule has 2 aromatic heterocycles. The first kappa shape index (κ1) is 20.1. The van der Waals surface area contributed by atoms with Gasteiger partial charge in [-0.2, -0.15) is 5.26 Å². The Bertz CT molecular complexity index is 1180. The Kier molecular flexibility index (Phi) is 5.69. The number of amides is 1. The zero-order valence-corrected chi connectivity index (χ0v) is 16.3. The van der Waals surface area contributed by atoms with Crippen molar-refractivity contribution in [1.82, 2.24) is 20.3 Å². The fraction of sp³-hybridized carbons (Fsp3) is 0.286. The lowest BCUT2D eigenvalue weighted by Gasteiger charge is -2.15. The van der Waals surface area contributed by atoms with Crippen molar-refractivity contribution in [2.24, 2.45) is 0 Å². The quantitative estimate of drug-likeness (QED) is 0.692. The smallest absolute Gasteiger partial charge is 0.252 e. The summed E-state index contributed by atoms with van der Waals surface area (Å²) in [7, 11) is 0. The van der Waals surface area contributed by atoms with Gasteiger partial charge in [0.1, 0.15) is 17.7 Å². The van der Waals surface area contributed by atoms with Gasteiger partial charge >= 0.3 is 0 Å². The first-order valence-corrected chi connectivity index (χ1v) is 9.19. The minimum absolute atomic E-state index is 0.148. The molecule has 1 amide bonds. The van der Waals surface area contributed by atoms with Crippen LogP contribution < -0.4 is 10.9 Å². The van der Waals surface area contributed by atoms with E-state index in [2.05, 4.69) is 20.3 Å². The molecular weight excluding hydrogens is 373 g/mol. The summed E-state index contributed by atoms with van der Waals surface area (Å²) in [6.07, 6.45) is 3.10. The Labute approximate surface area is 166 Å². The lowest BCUT2D eigenvalue weighted by Crippen LogP contribution is -2.31. The highest BCUT2D eigenvalue weighted by Gasteiger charge is 2.19. The van der Waals surface area contributed by atoms with Gasteiger partial charge in [0.2, 0.25) is 5.91 Å². The number of fused-ring (bicyclic) bond motifs is 1. The van der Waals surface area contributed by atoms with Gasteiger partial charge in [-0.1, -0.05) is 6.92 Å². The van der Waals surface area contributed by atoms with Gasteiger partial charge < -0.3 is 10.3 Å². The number of hydrogen-bond acceptors (Lipinski definition) is 5. The second kappa shape index (κ2) is 8.19. The number of benzene rings is 1. The normalized spacial score (nSPS) is 11.8. The van der Waals surface area contributed by atoms with Crippen LogP contribution in [0.4, 0.5) is 4.39 Å². The van der Waals surface area contributed by atoms with Crippen molar-refractivity contribution >= 4 is 16.8 Å². The monoisotopic (exact) mass is 393 g/mol. The van der Waals surface area contributed by atoms with Gasteiger partial charge in [0.15, 0.2) is 0 Å². The topological polar surface area (TPSA) is 112 Å². The number of nitriles is 1. The first-order valence-electron chi connectivity index (χ1n) is 9.19. The molecule has 0 aliphatic rings. The average Bonchev–Trinajstić information content (AvgIpc) is 2.71. The molecule has 1 aromatic carbocycles. The molecule has 7 nitrogen and oxygen atoms in total. The number of carbonyl (C=O) groups is 1. The van der Waals surface area contributed by atoms with Crippen molar-refractivity contribution in [2.45, 2.75) is 39.7 Å². The number of aromatic nitrogens is 3. The lowest BCUT2D eigenvalue weighted by atomic mass is 9.95. The third kappa shape index (κ3) is 3.99. The minimum atomic E-state index is -0.501. The molecule has 0 spiro atoms. The Morgan fingerprint density at radius 3 is 2.62 bits per heavy atom. The van der Waals surface area contributed by atoms with Crippen molar-refractivity contribution in [3.8, 4) is 6.07 Å². The fourth-order valence-electron chi connectivity index (χ4n) is 3.38. The van der Waals surface area contributed by atoms with Crippen molar-refractivity contribution in [2.75, 3.05) is 0 Å². The third-order valence-electron chi connectivity index (χ3n) is 4.84. The SMILES string of the molecule is CCc1c(CC(=O)N[C@H](C)c2ncc(C#N)cn2)c(=O)[nH]c2ccc(F)c(C)c12. The van der Waals surface area contributed by atoms with Crippen molar-refractivity contribution in [1.29, 1.82) is 5.26 Å².